The molecule has 3 heterocycles. The monoisotopic (exact) mass is 1500 g/mol. The second-order valence-electron chi connectivity index (χ2n) is 31.6. The molecule has 0 saturated carbocycles. The zero-order chi connectivity index (χ0) is 76.6. The van der Waals surface area contributed by atoms with Crippen molar-refractivity contribution >= 4 is 119 Å². The summed E-state index contributed by atoms with van der Waals surface area (Å²) in [5.41, 5.74) is 26.3. The molecule has 1 unspecified atom stereocenters. The average Bonchev–Trinajstić information content (AvgIpc) is 1.55. The summed E-state index contributed by atoms with van der Waals surface area (Å²) in [5, 5.41) is 13.8. The molecular formula is C112H68N2O2S. The maximum atomic E-state index is 7.69. The minimum atomic E-state index is -0.746. The highest BCUT2D eigenvalue weighted by Gasteiger charge is 2.54. The van der Waals surface area contributed by atoms with Crippen LogP contribution in [0.15, 0.2) is 413 Å². The Kier molecular flexibility index (Phi) is 14.2. The molecule has 4 aliphatic rings. The Morgan fingerprint density at radius 1 is 0.197 bits per heavy atom. The second-order valence-corrected chi connectivity index (χ2v) is 32.7. The number of rotatable bonds is 9. The summed E-state index contributed by atoms with van der Waals surface area (Å²) in [7, 11) is 0. The lowest BCUT2D eigenvalue weighted by molar-refractivity contribution is 0.447. The molecule has 2 spiro atoms. The van der Waals surface area contributed by atoms with E-state index in [1.54, 1.807) is 0 Å². The Labute approximate surface area is 680 Å². The lowest BCUT2D eigenvalue weighted by Gasteiger charge is -2.40. The van der Waals surface area contributed by atoms with Gasteiger partial charge in [-0.05, 0) is 195 Å². The number of ether oxygens (including phenoxy) is 2. The molecule has 20 aromatic carbocycles. The summed E-state index contributed by atoms with van der Waals surface area (Å²) >= 11 is 1.86. The summed E-state index contributed by atoms with van der Waals surface area (Å²) in [4.78, 5) is 4.92. The van der Waals surface area contributed by atoms with Gasteiger partial charge in [-0.25, -0.2) is 0 Å². The van der Waals surface area contributed by atoms with Crippen LogP contribution in [0.2, 0.25) is 0 Å². The smallest absolute Gasteiger partial charge is 0.140 e. The standard InChI is InChI=1S/C112H68N2O2S/c1-2-20-69(21-3-1)71-42-51-81(52-43-71)113(83-55-46-70-22-4-5-26-79(70)65-83)84-56-62-98-94(67-84)89-32-12-16-37-97(89)112(98)102-60-49-75-25-8-11-31-88(75)108(102)116-109-93-66-80(41-40-76(93)50-61-103(109)112)78-28-18-27-77(64-78)72-44-53-82(54-45-72)114(104-38-19-35-92-91-34-14-17-39-105(91)117-110(92)104)85-57-63-99-95(68-85)90-33-13-15-36-96(90)111(99)100-58-47-73-23-6-9-29-86(73)106(100)115-107-87-30-10-7-24-74(87)48-59-101(107)111/h1-68H. The number of thiophene rings is 1. The Bertz CT molecular complexity index is 7710. The van der Waals surface area contributed by atoms with Gasteiger partial charge in [0.25, 0.3) is 0 Å². The third kappa shape index (κ3) is 9.57. The fourth-order valence-corrected chi connectivity index (χ4v) is 21.7. The van der Waals surface area contributed by atoms with Gasteiger partial charge in [-0.3, -0.25) is 0 Å². The first-order valence-corrected chi connectivity index (χ1v) is 41.1. The first-order valence-electron chi connectivity index (χ1n) is 40.3. The number of hydrogen-bond donors (Lipinski definition) is 0. The van der Waals surface area contributed by atoms with Crippen molar-refractivity contribution in [1.29, 1.82) is 0 Å². The number of nitrogens with zero attached hydrogens (tertiary/aromatic N) is 2. The molecule has 0 bridgehead atoms. The molecule has 0 N–H and O–H groups in total. The molecule has 2 aliphatic heterocycles. The van der Waals surface area contributed by atoms with E-state index in [1.165, 1.54) is 86.6 Å². The Balaban J connectivity index is 0.616. The van der Waals surface area contributed by atoms with Gasteiger partial charge >= 0.3 is 0 Å². The molecule has 1 atom stereocenters. The molecule has 2 aliphatic carbocycles. The normalized spacial score (nSPS) is 14.2. The summed E-state index contributed by atoms with van der Waals surface area (Å²) in [6, 6.07) is 153. The highest BCUT2D eigenvalue weighted by atomic mass is 32.1. The van der Waals surface area contributed by atoms with Gasteiger partial charge in [0, 0.05) is 87.7 Å². The van der Waals surface area contributed by atoms with Crippen molar-refractivity contribution in [1.82, 2.24) is 0 Å². The van der Waals surface area contributed by atoms with E-state index in [-0.39, 0.29) is 0 Å². The minimum absolute atomic E-state index is 0.678. The molecule has 0 radical (unpaired) electrons. The second kappa shape index (κ2) is 25.3. The highest BCUT2D eigenvalue weighted by Crippen LogP contribution is 2.67. The fraction of sp³-hybridized carbons (Fsp3) is 0.0179. The van der Waals surface area contributed by atoms with Gasteiger partial charge in [0.15, 0.2) is 0 Å². The van der Waals surface area contributed by atoms with Crippen LogP contribution in [-0.2, 0) is 10.8 Å². The van der Waals surface area contributed by atoms with Gasteiger partial charge in [0.2, 0.25) is 0 Å². The van der Waals surface area contributed by atoms with Crippen LogP contribution < -0.4 is 19.3 Å². The van der Waals surface area contributed by atoms with Crippen LogP contribution in [0.3, 0.4) is 0 Å². The molecular weight excluding hydrogens is 1440 g/mol. The van der Waals surface area contributed by atoms with Crippen LogP contribution in [0.1, 0.15) is 44.5 Å². The molecule has 0 saturated heterocycles. The lowest BCUT2D eigenvalue weighted by atomic mass is 9.65. The van der Waals surface area contributed by atoms with Crippen molar-refractivity contribution in [3.8, 4) is 78.6 Å². The van der Waals surface area contributed by atoms with Crippen LogP contribution in [0.4, 0.5) is 34.1 Å². The van der Waals surface area contributed by atoms with E-state index in [2.05, 4.69) is 422 Å². The van der Waals surface area contributed by atoms with E-state index in [0.717, 1.165) is 145 Å². The quantitative estimate of drug-likeness (QED) is 0.144. The highest BCUT2D eigenvalue weighted by molar-refractivity contribution is 7.26. The maximum absolute atomic E-state index is 7.69. The van der Waals surface area contributed by atoms with Crippen molar-refractivity contribution in [2.24, 2.45) is 0 Å². The largest absolute Gasteiger partial charge is 0.455 e. The van der Waals surface area contributed by atoms with E-state index in [4.69, 9.17) is 9.47 Å². The fourth-order valence-electron chi connectivity index (χ4n) is 20.5. The molecule has 0 amide bonds. The van der Waals surface area contributed by atoms with Gasteiger partial charge in [0.05, 0.1) is 21.2 Å². The van der Waals surface area contributed by atoms with Crippen molar-refractivity contribution in [3.05, 3.63) is 457 Å². The number of hydrogen-bond acceptors (Lipinski definition) is 5. The molecule has 5 heteroatoms. The van der Waals surface area contributed by atoms with E-state index < -0.39 is 10.8 Å². The van der Waals surface area contributed by atoms with Crippen LogP contribution >= 0.6 is 11.3 Å². The number of anilines is 6. The van der Waals surface area contributed by atoms with Gasteiger partial charge in [0.1, 0.15) is 23.0 Å². The van der Waals surface area contributed by atoms with Crippen LogP contribution in [0.5, 0.6) is 23.0 Å². The van der Waals surface area contributed by atoms with E-state index in [9.17, 15) is 0 Å². The van der Waals surface area contributed by atoms with Crippen molar-refractivity contribution in [2.45, 2.75) is 10.8 Å². The predicted molar refractivity (Wildman–Crippen MR) is 487 cm³/mol. The molecule has 25 rings (SSSR count). The van der Waals surface area contributed by atoms with Crippen molar-refractivity contribution in [2.75, 3.05) is 9.80 Å². The van der Waals surface area contributed by atoms with Gasteiger partial charge < -0.3 is 19.3 Å². The van der Waals surface area contributed by atoms with Crippen LogP contribution in [0.25, 0.3) is 130 Å². The average molecular weight is 1510 g/mol. The topological polar surface area (TPSA) is 24.9 Å². The van der Waals surface area contributed by atoms with Crippen molar-refractivity contribution < 1.29 is 9.47 Å². The Morgan fingerprint density at radius 3 is 1.15 bits per heavy atom. The predicted octanol–water partition coefficient (Wildman–Crippen LogP) is 30.7. The van der Waals surface area contributed by atoms with E-state index in [0.29, 0.717) is 0 Å². The summed E-state index contributed by atoms with van der Waals surface area (Å²) in [5.74, 6) is 3.58. The summed E-state index contributed by atoms with van der Waals surface area (Å²) in [6.07, 6.45) is 0. The van der Waals surface area contributed by atoms with Crippen LogP contribution in [-0.4, -0.2) is 0 Å². The molecule has 4 nitrogen and oxygen atoms in total. The maximum Gasteiger partial charge on any atom is 0.140 e. The summed E-state index contributed by atoms with van der Waals surface area (Å²) < 4.78 is 17.5. The van der Waals surface area contributed by atoms with Crippen molar-refractivity contribution in [3.63, 3.8) is 0 Å². The minimum Gasteiger partial charge on any atom is -0.455 e. The number of benzene rings is 20. The lowest BCUT2D eigenvalue weighted by Crippen LogP contribution is -2.32. The Morgan fingerprint density at radius 2 is 0.556 bits per heavy atom. The van der Waals surface area contributed by atoms with Gasteiger partial charge in [-0.1, -0.05) is 328 Å². The zero-order valence-electron chi connectivity index (χ0n) is 63.4. The third-order valence-electron chi connectivity index (χ3n) is 25.7. The SMILES string of the molecule is c1ccc(-c2ccc(N(c3ccc4c(c3)-c3ccccc3C43c4ccc5ccccc5c4Oc4c3ccc3ccc(-c5cccc(-c6ccc(N(c7ccc8c(c7)-c7ccccc7C87c8ccc9ccccc9c8Oc8c7ccc7ccccc87)c7cccc8c7sc7ccccc78)cc6)c5)cc43)c3ccc4ccccc4c3)cc2)cc1. The first-order chi connectivity index (χ1) is 58.0. The van der Waals surface area contributed by atoms with E-state index >= 15 is 0 Å². The van der Waals surface area contributed by atoms with E-state index in [1.807, 2.05) is 11.3 Å². The molecule has 117 heavy (non-hydrogen) atoms. The first kappa shape index (κ1) is 65.6. The van der Waals surface area contributed by atoms with Gasteiger partial charge in [-0.15, -0.1) is 11.3 Å². The number of fused-ring (bicyclic) bond motifs is 30. The van der Waals surface area contributed by atoms with Crippen LogP contribution in [0, 0.1) is 0 Å². The zero-order valence-corrected chi connectivity index (χ0v) is 64.2. The Hall–Kier alpha value is -14.9. The summed E-state index contributed by atoms with van der Waals surface area (Å²) in [6.45, 7) is 0. The third-order valence-corrected chi connectivity index (χ3v) is 26.9. The molecule has 21 aromatic rings. The molecule has 0 fully saturated rings. The molecule has 1 aromatic heterocycles. The van der Waals surface area contributed by atoms with Gasteiger partial charge in [-0.2, -0.15) is 0 Å². The molecule has 544 valence electrons.